The van der Waals surface area contributed by atoms with Gasteiger partial charge in [-0.05, 0) is 18.6 Å². The van der Waals surface area contributed by atoms with Crippen molar-refractivity contribution in [3.05, 3.63) is 35.8 Å². The van der Waals surface area contributed by atoms with Crippen molar-refractivity contribution in [2.75, 3.05) is 11.1 Å². The lowest BCUT2D eigenvalue weighted by molar-refractivity contribution is 1.09. The maximum absolute atomic E-state index is 5.61. The van der Waals surface area contributed by atoms with Crippen LogP contribution in [0.2, 0.25) is 0 Å². The fourth-order valence-electron chi connectivity index (χ4n) is 1.34. The van der Waals surface area contributed by atoms with Crippen LogP contribution in [0.1, 0.15) is 11.1 Å². The number of nitrogens with one attached hydrogen (secondary N) is 2. The van der Waals surface area contributed by atoms with Gasteiger partial charge in [0.15, 0.2) is 0 Å². The molecular formula is C10H13N5. The summed E-state index contributed by atoms with van der Waals surface area (Å²) in [5.74, 6) is 0.852. The van der Waals surface area contributed by atoms with Gasteiger partial charge in [-0.2, -0.15) is 5.10 Å². The molecule has 2 aromatic rings. The van der Waals surface area contributed by atoms with Crippen LogP contribution in [0, 0.1) is 6.92 Å². The molecule has 2 aromatic heterocycles. The molecule has 0 aliphatic rings. The Morgan fingerprint density at radius 2 is 2.33 bits per heavy atom. The number of nitrogens with two attached hydrogens (primary N) is 1. The minimum atomic E-state index is 0.682. The van der Waals surface area contributed by atoms with E-state index in [0.717, 1.165) is 16.9 Å². The van der Waals surface area contributed by atoms with Gasteiger partial charge in [-0.3, -0.25) is 5.10 Å². The lowest BCUT2D eigenvalue weighted by Gasteiger charge is -2.07. The summed E-state index contributed by atoms with van der Waals surface area (Å²) in [7, 11) is 0. The first kappa shape index (κ1) is 9.51. The third kappa shape index (κ3) is 2.25. The molecule has 2 heterocycles. The minimum Gasteiger partial charge on any atom is -0.397 e. The van der Waals surface area contributed by atoms with E-state index in [1.54, 1.807) is 12.4 Å². The van der Waals surface area contributed by atoms with Crippen molar-refractivity contribution < 1.29 is 0 Å². The number of nitrogens with zero attached hydrogens (tertiary/aromatic N) is 2. The second-order valence-electron chi connectivity index (χ2n) is 3.39. The smallest absolute Gasteiger partial charge is 0.129 e. The van der Waals surface area contributed by atoms with Crippen molar-refractivity contribution in [3.63, 3.8) is 0 Å². The topological polar surface area (TPSA) is 79.6 Å². The van der Waals surface area contributed by atoms with Crippen molar-refractivity contribution in [1.29, 1.82) is 0 Å². The first-order chi connectivity index (χ1) is 7.25. The minimum absolute atomic E-state index is 0.682. The Labute approximate surface area is 87.7 Å². The van der Waals surface area contributed by atoms with Gasteiger partial charge >= 0.3 is 0 Å². The zero-order valence-corrected chi connectivity index (χ0v) is 8.49. The summed E-state index contributed by atoms with van der Waals surface area (Å²) in [6.07, 6.45) is 5.27. The summed E-state index contributed by atoms with van der Waals surface area (Å²) in [5.41, 5.74) is 8.43. The summed E-state index contributed by atoms with van der Waals surface area (Å²) >= 11 is 0. The zero-order chi connectivity index (χ0) is 10.7. The van der Waals surface area contributed by atoms with E-state index in [1.807, 2.05) is 19.2 Å². The molecule has 0 aromatic carbocycles. The van der Waals surface area contributed by atoms with E-state index >= 15 is 0 Å². The summed E-state index contributed by atoms with van der Waals surface area (Å²) in [4.78, 5) is 4.21. The average molecular weight is 203 g/mol. The van der Waals surface area contributed by atoms with E-state index in [2.05, 4.69) is 20.5 Å². The van der Waals surface area contributed by atoms with Crippen LogP contribution in [0.4, 0.5) is 11.5 Å². The molecule has 0 aliphatic carbocycles. The van der Waals surface area contributed by atoms with Gasteiger partial charge in [0.05, 0.1) is 18.1 Å². The van der Waals surface area contributed by atoms with Gasteiger partial charge in [-0.1, -0.05) is 0 Å². The van der Waals surface area contributed by atoms with E-state index in [9.17, 15) is 0 Å². The SMILES string of the molecule is Cc1cc(N)cnc1NCc1cn[nH]c1. The second-order valence-corrected chi connectivity index (χ2v) is 3.39. The number of aromatic amines is 1. The Morgan fingerprint density at radius 1 is 1.47 bits per heavy atom. The number of anilines is 2. The van der Waals surface area contributed by atoms with Crippen molar-refractivity contribution >= 4 is 11.5 Å². The van der Waals surface area contributed by atoms with Crippen molar-refractivity contribution in [2.24, 2.45) is 0 Å². The number of hydrogen-bond acceptors (Lipinski definition) is 4. The molecule has 2 rings (SSSR count). The normalized spacial score (nSPS) is 10.2. The van der Waals surface area contributed by atoms with Crippen LogP contribution in [-0.2, 0) is 6.54 Å². The predicted molar refractivity (Wildman–Crippen MR) is 59.3 cm³/mol. The highest BCUT2D eigenvalue weighted by Gasteiger charge is 2.00. The monoisotopic (exact) mass is 203 g/mol. The second kappa shape index (κ2) is 4.00. The number of aromatic nitrogens is 3. The highest BCUT2D eigenvalue weighted by molar-refractivity contribution is 5.50. The van der Waals surface area contributed by atoms with E-state index < -0.39 is 0 Å². The Morgan fingerprint density at radius 3 is 3.00 bits per heavy atom. The number of H-pyrrole nitrogens is 1. The van der Waals surface area contributed by atoms with Crippen molar-refractivity contribution in [3.8, 4) is 0 Å². The van der Waals surface area contributed by atoms with Crippen molar-refractivity contribution in [2.45, 2.75) is 13.5 Å². The number of nitrogen functional groups attached to an aromatic ring is 1. The molecule has 0 spiro atoms. The molecule has 5 heteroatoms. The van der Waals surface area contributed by atoms with Gasteiger partial charge in [0.1, 0.15) is 5.82 Å². The van der Waals surface area contributed by atoms with Crippen LogP contribution in [0.25, 0.3) is 0 Å². The highest BCUT2D eigenvalue weighted by Crippen LogP contribution is 2.14. The third-order valence-electron chi connectivity index (χ3n) is 2.11. The lowest BCUT2D eigenvalue weighted by atomic mass is 10.2. The van der Waals surface area contributed by atoms with E-state index in [4.69, 9.17) is 5.73 Å². The average Bonchev–Trinajstić information content (AvgIpc) is 2.69. The standard InChI is InChI=1S/C10H13N5/c1-7-2-9(11)6-13-10(7)12-3-8-4-14-15-5-8/h2,4-6H,3,11H2,1H3,(H,12,13)(H,14,15). The van der Waals surface area contributed by atoms with Crippen LogP contribution >= 0.6 is 0 Å². The van der Waals surface area contributed by atoms with Gasteiger partial charge in [0.25, 0.3) is 0 Å². The van der Waals surface area contributed by atoms with Gasteiger partial charge in [-0.25, -0.2) is 4.98 Å². The molecule has 78 valence electrons. The van der Waals surface area contributed by atoms with Crippen LogP contribution in [0.15, 0.2) is 24.7 Å². The maximum atomic E-state index is 5.61. The maximum Gasteiger partial charge on any atom is 0.129 e. The molecule has 0 unspecified atom stereocenters. The summed E-state index contributed by atoms with van der Waals surface area (Å²) in [5, 5.41) is 9.84. The number of hydrogen-bond donors (Lipinski definition) is 3. The van der Waals surface area contributed by atoms with Gasteiger partial charge < -0.3 is 11.1 Å². The van der Waals surface area contributed by atoms with Crippen LogP contribution in [0.5, 0.6) is 0 Å². The Balaban J connectivity index is 2.05. The van der Waals surface area contributed by atoms with Crippen LogP contribution in [0.3, 0.4) is 0 Å². The molecule has 4 N–H and O–H groups in total. The lowest BCUT2D eigenvalue weighted by Crippen LogP contribution is -2.03. The quantitative estimate of drug-likeness (QED) is 0.702. The fourth-order valence-corrected chi connectivity index (χ4v) is 1.34. The first-order valence-corrected chi connectivity index (χ1v) is 4.69. The Bertz CT molecular complexity index is 435. The molecule has 0 bridgehead atoms. The molecule has 0 fully saturated rings. The molecule has 0 saturated carbocycles. The predicted octanol–water partition coefficient (Wildman–Crippen LogP) is 1.31. The molecule has 5 nitrogen and oxygen atoms in total. The third-order valence-corrected chi connectivity index (χ3v) is 2.11. The Hall–Kier alpha value is -2.04. The molecule has 0 saturated heterocycles. The molecule has 15 heavy (non-hydrogen) atoms. The summed E-state index contributed by atoms with van der Waals surface area (Å²) in [6, 6.07) is 1.89. The number of rotatable bonds is 3. The summed E-state index contributed by atoms with van der Waals surface area (Å²) in [6.45, 7) is 2.68. The molecule has 0 atom stereocenters. The summed E-state index contributed by atoms with van der Waals surface area (Å²) < 4.78 is 0. The van der Waals surface area contributed by atoms with Crippen LogP contribution < -0.4 is 11.1 Å². The van der Waals surface area contributed by atoms with E-state index in [1.165, 1.54) is 0 Å². The van der Waals surface area contributed by atoms with Crippen LogP contribution in [-0.4, -0.2) is 15.2 Å². The van der Waals surface area contributed by atoms with Gasteiger partial charge in [0, 0.05) is 18.3 Å². The highest BCUT2D eigenvalue weighted by atomic mass is 15.1. The van der Waals surface area contributed by atoms with E-state index in [-0.39, 0.29) is 0 Å². The molecule has 0 radical (unpaired) electrons. The molecule has 0 aliphatic heterocycles. The first-order valence-electron chi connectivity index (χ1n) is 4.69. The largest absolute Gasteiger partial charge is 0.397 e. The number of aryl methyl sites for hydroxylation is 1. The Kier molecular flexibility index (Phi) is 2.53. The van der Waals surface area contributed by atoms with Gasteiger partial charge in [-0.15, -0.1) is 0 Å². The molecular weight excluding hydrogens is 190 g/mol. The van der Waals surface area contributed by atoms with Crippen molar-refractivity contribution in [1.82, 2.24) is 15.2 Å². The van der Waals surface area contributed by atoms with E-state index in [0.29, 0.717) is 12.2 Å². The number of pyridine rings is 1. The molecule has 0 amide bonds. The van der Waals surface area contributed by atoms with Gasteiger partial charge in [0.2, 0.25) is 0 Å². The zero-order valence-electron chi connectivity index (χ0n) is 8.49. The fraction of sp³-hybridized carbons (Fsp3) is 0.200.